The van der Waals surface area contributed by atoms with E-state index < -0.39 is 0 Å². The van der Waals surface area contributed by atoms with E-state index in [2.05, 4.69) is 58.2 Å². The van der Waals surface area contributed by atoms with Gasteiger partial charge < -0.3 is 33.6 Å². The first-order chi connectivity index (χ1) is 21.2. The van der Waals surface area contributed by atoms with Gasteiger partial charge in [0.15, 0.2) is 12.4 Å². The number of carbonyl (C=O) groups is 1. The molecule has 1 amide bonds. The molecule has 45 heavy (non-hydrogen) atoms. The Balaban J connectivity index is 0.00000705. The Labute approximate surface area is 295 Å². The third-order valence-corrected chi connectivity index (χ3v) is 8.58. The van der Waals surface area contributed by atoms with E-state index in [1.54, 1.807) is 12.1 Å². The van der Waals surface area contributed by atoms with Crippen molar-refractivity contribution in [3.63, 3.8) is 0 Å². The Morgan fingerprint density at radius 3 is 2.00 bits per heavy atom. The van der Waals surface area contributed by atoms with Crippen molar-refractivity contribution in [1.29, 1.82) is 0 Å². The number of unbranched alkanes of at least 4 members (excludes halogenated alkanes) is 11. The van der Waals surface area contributed by atoms with E-state index >= 15 is 0 Å². The molecule has 0 aliphatic heterocycles. The molecule has 1 heterocycles. The summed E-state index contributed by atoms with van der Waals surface area (Å²) in [6, 6.07) is 17.8. The topological polar surface area (TPSA) is 33.4 Å². The van der Waals surface area contributed by atoms with E-state index in [0.29, 0.717) is 23.7 Å². The van der Waals surface area contributed by atoms with Crippen LogP contribution >= 0.6 is 11.6 Å². The van der Waals surface area contributed by atoms with Crippen LogP contribution in [0.5, 0.6) is 5.75 Å². The zero-order valence-electron chi connectivity index (χ0n) is 28.4. The molecule has 3 aromatic rings. The molecule has 0 radical (unpaired) electrons. The summed E-state index contributed by atoms with van der Waals surface area (Å²) >= 11 is 6.46. The summed E-state index contributed by atoms with van der Waals surface area (Å²) < 4.78 is 8.36. The Morgan fingerprint density at radius 1 is 0.800 bits per heavy atom. The second-order valence-electron chi connectivity index (χ2n) is 13.3. The van der Waals surface area contributed by atoms with Crippen LogP contribution in [0.3, 0.4) is 0 Å². The minimum Gasteiger partial charge on any atom is -1.00 e. The molecule has 0 fully saturated rings. The van der Waals surface area contributed by atoms with Gasteiger partial charge in [0.2, 0.25) is 0 Å². The predicted octanol–water partition coefficient (Wildman–Crippen LogP) is 7.39. The molecule has 0 saturated heterocycles. The Hall–Kier alpha value is -2.12. The molecule has 0 unspecified atom stereocenters. The monoisotopic (exact) mass is 746 g/mol. The second kappa shape index (κ2) is 20.9. The van der Waals surface area contributed by atoms with E-state index in [0.717, 1.165) is 29.9 Å². The fourth-order valence-corrected chi connectivity index (χ4v) is 5.92. The van der Waals surface area contributed by atoms with Crippen LogP contribution in [0.2, 0.25) is 5.02 Å². The number of pyridine rings is 1. The maximum Gasteiger partial charge on any atom is 0.255 e. The van der Waals surface area contributed by atoms with Gasteiger partial charge in [0, 0.05) is 18.2 Å². The van der Waals surface area contributed by atoms with Crippen molar-refractivity contribution in [3.8, 4) is 5.75 Å². The zero-order chi connectivity index (χ0) is 31.8. The number of carbonyl (C=O) groups excluding carboxylic acids is 1. The average molecular weight is 747 g/mol. The lowest BCUT2D eigenvalue weighted by atomic mass is 9.85. The smallest absolute Gasteiger partial charge is 0.255 e. The fraction of sp³-hybridized carbons (Fsp3) is 0.538. The summed E-state index contributed by atoms with van der Waals surface area (Å²) in [6.45, 7) is 10.6. The van der Waals surface area contributed by atoms with E-state index in [1.807, 2.05) is 40.9 Å². The number of rotatable bonds is 19. The maximum absolute atomic E-state index is 13.8. The zero-order valence-corrected chi connectivity index (χ0v) is 31.3. The van der Waals surface area contributed by atoms with Gasteiger partial charge in [-0.15, -0.1) is 0 Å². The minimum absolute atomic E-state index is 0. The quantitative estimate of drug-likeness (QED) is 0.0729. The maximum atomic E-state index is 13.8. The van der Waals surface area contributed by atoms with Crippen molar-refractivity contribution in [2.45, 2.75) is 123 Å². The summed E-state index contributed by atoms with van der Waals surface area (Å²) in [5.41, 5.74) is 3.74. The van der Waals surface area contributed by atoms with Gasteiger partial charge in [0.25, 0.3) is 5.91 Å². The summed E-state index contributed by atoms with van der Waals surface area (Å²) in [6.07, 6.45) is 20.1. The van der Waals surface area contributed by atoms with Crippen LogP contribution < -0.4 is 33.3 Å². The van der Waals surface area contributed by atoms with Gasteiger partial charge in [-0.25, -0.2) is 4.57 Å². The lowest BCUT2D eigenvalue weighted by Gasteiger charge is -2.26. The van der Waals surface area contributed by atoms with Crippen LogP contribution in [0.1, 0.15) is 132 Å². The number of aromatic nitrogens is 1. The average Bonchev–Trinajstić information content (AvgIpc) is 2.99. The molecule has 4 nitrogen and oxygen atoms in total. The summed E-state index contributed by atoms with van der Waals surface area (Å²) in [5, 5.41) is 0.470. The van der Waals surface area contributed by atoms with Crippen molar-refractivity contribution >= 4 is 17.5 Å². The number of hydrogen-bond donors (Lipinski definition) is 0. The first-order valence-corrected chi connectivity index (χ1v) is 17.3. The number of amides is 1. The van der Waals surface area contributed by atoms with Gasteiger partial charge in [-0.3, -0.25) is 4.79 Å². The molecule has 2 aromatic carbocycles. The largest absolute Gasteiger partial charge is 1.00 e. The highest BCUT2D eigenvalue weighted by Gasteiger charge is 2.23. The number of halogens is 2. The molecule has 1 aromatic heterocycles. The van der Waals surface area contributed by atoms with E-state index in [9.17, 15) is 4.79 Å². The van der Waals surface area contributed by atoms with Crippen LogP contribution in [0.4, 0.5) is 0 Å². The molecule has 248 valence electrons. The first kappa shape index (κ1) is 39.1. The molecule has 0 bridgehead atoms. The summed E-state index contributed by atoms with van der Waals surface area (Å²) in [7, 11) is 2.00. The number of hydrogen-bond acceptors (Lipinski definition) is 2. The van der Waals surface area contributed by atoms with Gasteiger partial charge in [0.1, 0.15) is 12.8 Å². The Morgan fingerprint density at radius 2 is 1.40 bits per heavy atom. The van der Waals surface area contributed by atoms with Gasteiger partial charge >= 0.3 is 0 Å². The summed E-state index contributed by atoms with van der Waals surface area (Å²) in [5.74, 6) is 0.870. The van der Waals surface area contributed by atoms with Crippen molar-refractivity contribution < 1.29 is 38.1 Å². The molecule has 0 aliphatic rings. The highest BCUT2D eigenvalue weighted by molar-refractivity contribution is 6.33. The Kier molecular flexibility index (Phi) is 18.1. The second-order valence-corrected chi connectivity index (χ2v) is 13.7. The highest BCUT2D eigenvalue weighted by Crippen LogP contribution is 2.33. The van der Waals surface area contributed by atoms with E-state index in [1.165, 1.54) is 76.2 Å². The van der Waals surface area contributed by atoms with E-state index in [-0.39, 0.29) is 35.3 Å². The van der Waals surface area contributed by atoms with Gasteiger partial charge in [-0.2, -0.15) is 0 Å². The normalized spacial score (nSPS) is 11.2. The number of aryl methyl sites for hydroxylation is 1. The third kappa shape index (κ3) is 14.0. The first-order valence-electron chi connectivity index (χ1n) is 16.9. The highest BCUT2D eigenvalue weighted by atomic mass is 127. The number of benzene rings is 2. The van der Waals surface area contributed by atoms with Crippen LogP contribution in [-0.4, -0.2) is 17.4 Å². The fourth-order valence-electron chi connectivity index (χ4n) is 5.70. The van der Waals surface area contributed by atoms with Crippen molar-refractivity contribution in [3.05, 3.63) is 94.3 Å². The number of ether oxygens (including phenoxy) is 1. The Bertz CT molecular complexity index is 1290. The molecule has 0 N–H and O–H groups in total. The molecule has 3 rings (SSSR count). The lowest BCUT2D eigenvalue weighted by molar-refractivity contribution is -0.672. The van der Waals surface area contributed by atoms with Gasteiger partial charge in [0.05, 0.1) is 23.7 Å². The van der Waals surface area contributed by atoms with Crippen LogP contribution in [0, 0.1) is 0 Å². The minimum atomic E-state index is -0.0906. The molecule has 0 atom stereocenters. The predicted molar refractivity (Wildman–Crippen MR) is 184 cm³/mol. The van der Waals surface area contributed by atoms with E-state index in [4.69, 9.17) is 16.3 Å². The van der Waals surface area contributed by atoms with Crippen LogP contribution in [0.25, 0.3) is 0 Å². The number of nitrogens with zero attached hydrogens (tertiary/aromatic N) is 2. The van der Waals surface area contributed by atoms with Crippen LogP contribution in [0.15, 0.2) is 67.0 Å². The SMILES string of the molecule is CCCCCCCCCCCCCCOc1ccc(CN(Cc2ccc[n+](C)c2)C(=O)c2ccccc2Cl)cc1C(C)(C)C.[I-]. The molecule has 0 saturated carbocycles. The van der Waals surface area contributed by atoms with Gasteiger partial charge in [-0.05, 0) is 53.3 Å². The molecular formula is C39H56ClIN2O2. The molecule has 0 aliphatic carbocycles. The van der Waals surface area contributed by atoms with Gasteiger partial charge in [-0.1, -0.05) is 128 Å². The van der Waals surface area contributed by atoms with Crippen molar-refractivity contribution in [2.24, 2.45) is 7.05 Å². The summed E-state index contributed by atoms with van der Waals surface area (Å²) in [4.78, 5) is 15.6. The third-order valence-electron chi connectivity index (χ3n) is 8.25. The van der Waals surface area contributed by atoms with Crippen molar-refractivity contribution in [2.75, 3.05) is 6.61 Å². The molecule has 0 spiro atoms. The van der Waals surface area contributed by atoms with Crippen molar-refractivity contribution in [1.82, 2.24) is 4.90 Å². The lowest BCUT2D eigenvalue weighted by Crippen LogP contribution is -3.00. The molecular weight excluding hydrogens is 691 g/mol. The standard InChI is InChI=1S/C39H56ClN2O2.HI/c1-6-7-8-9-10-11-12-13-14-15-16-19-27-44-37-25-24-32(28-35(37)39(2,3)4)30-42(31-33-21-20-26-41(5)29-33)38(43)34-22-17-18-23-36(34)40;/h17-18,20-26,28-29H,6-16,19,27,30-31H2,1-5H3;1H/q+1;/p-1. The molecule has 6 heteroatoms. The van der Waals surface area contributed by atoms with Crippen LogP contribution in [-0.2, 0) is 25.6 Å².